The third-order valence-electron chi connectivity index (χ3n) is 6.77. The fourth-order valence-electron chi connectivity index (χ4n) is 4.75. The average molecular weight is 550 g/mol. The zero-order chi connectivity index (χ0) is 26.6. The largest absolute Gasteiger partial charge is 0.508 e. The lowest BCUT2D eigenvalue weighted by Crippen LogP contribution is -2.41. The monoisotopic (exact) mass is 549 g/mol. The van der Waals surface area contributed by atoms with E-state index >= 15 is 0 Å². The van der Waals surface area contributed by atoms with Crippen LogP contribution in [0.1, 0.15) is 41.6 Å². The van der Waals surface area contributed by atoms with Crippen LogP contribution >= 0.6 is 22.9 Å². The quantitative estimate of drug-likeness (QED) is 0.191. The van der Waals surface area contributed by atoms with Crippen LogP contribution in [0.25, 0.3) is 20.5 Å². The number of carbonyl (C=O) groups is 2. The zero-order valence-electron chi connectivity index (χ0n) is 20.7. The Morgan fingerprint density at radius 1 is 0.947 bits per heavy atom. The van der Waals surface area contributed by atoms with E-state index in [0.29, 0.717) is 48.7 Å². The number of aromatic hydroxyl groups is 2. The standard InChI is InChI=1S/C30H28ClNO5S/c31-15-1-2-27(35)32-16-13-24(14-17-32)37-23-10-5-19(6-11-23)29(36)28-25-12-9-22(34)18-26(25)38-30(28)20-3-7-21(33)8-4-20/h3-12,18,24,33-34H,1-2,13-17H2. The van der Waals surface area contributed by atoms with E-state index in [0.717, 1.165) is 33.4 Å². The summed E-state index contributed by atoms with van der Waals surface area (Å²) in [5.74, 6) is 1.50. The highest BCUT2D eigenvalue weighted by Crippen LogP contribution is 2.41. The van der Waals surface area contributed by atoms with Crippen LogP contribution in [0.3, 0.4) is 0 Å². The molecule has 1 amide bonds. The van der Waals surface area contributed by atoms with Crippen molar-refractivity contribution in [3.05, 3.63) is 77.9 Å². The summed E-state index contributed by atoms with van der Waals surface area (Å²) in [6.07, 6.45) is 2.72. The van der Waals surface area contributed by atoms with Crippen molar-refractivity contribution >= 4 is 44.7 Å². The molecule has 0 atom stereocenters. The molecule has 8 heteroatoms. The molecule has 5 rings (SSSR count). The molecule has 0 bridgehead atoms. The Morgan fingerprint density at radius 3 is 2.32 bits per heavy atom. The first-order chi connectivity index (χ1) is 18.4. The van der Waals surface area contributed by atoms with Gasteiger partial charge in [0, 0.05) is 64.3 Å². The molecule has 0 spiro atoms. The number of nitrogens with zero attached hydrogens (tertiary/aromatic N) is 1. The van der Waals surface area contributed by atoms with E-state index in [-0.39, 0.29) is 29.3 Å². The summed E-state index contributed by atoms with van der Waals surface area (Å²) in [5, 5.41) is 20.5. The minimum atomic E-state index is -0.125. The number of alkyl halides is 1. The first-order valence-corrected chi connectivity index (χ1v) is 14.0. The van der Waals surface area contributed by atoms with Crippen LogP contribution in [0.15, 0.2) is 66.7 Å². The van der Waals surface area contributed by atoms with Gasteiger partial charge in [-0.3, -0.25) is 9.59 Å². The lowest BCUT2D eigenvalue weighted by Gasteiger charge is -2.32. The summed E-state index contributed by atoms with van der Waals surface area (Å²) in [6, 6.07) is 18.9. The van der Waals surface area contributed by atoms with Crippen molar-refractivity contribution in [1.82, 2.24) is 4.90 Å². The third-order valence-corrected chi connectivity index (χ3v) is 8.24. The zero-order valence-corrected chi connectivity index (χ0v) is 22.3. The van der Waals surface area contributed by atoms with Crippen LogP contribution in [-0.2, 0) is 4.79 Å². The minimum absolute atomic E-state index is 0.0169. The van der Waals surface area contributed by atoms with Crippen LogP contribution in [0.2, 0.25) is 0 Å². The molecule has 1 saturated heterocycles. The molecule has 1 aliphatic rings. The summed E-state index contributed by atoms with van der Waals surface area (Å²) in [4.78, 5) is 28.6. The molecule has 0 unspecified atom stereocenters. The highest BCUT2D eigenvalue weighted by Gasteiger charge is 2.25. The molecule has 38 heavy (non-hydrogen) atoms. The molecule has 6 nitrogen and oxygen atoms in total. The van der Waals surface area contributed by atoms with Crippen LogP contribution in [0.4, 0.5) is 0 Å². The highest BCUT2D eigenvalue weighted by molar-refractivity contribution is 7.22. The number of amides is 1. The highest BCUT2D eigenvalue weighted by atomic mass is 35.5. The normalized spacial score (nSPS) is 14.1. The van der Waals surface area contributed by atoms with Gasteiger partial charge >= 0.3 is 0 Å². The molecule has 0 radical (unpaired) electrons. The molecule has 0 aliphatic carbocycles. The topological polar surface area (TPSA) is 87.1 Å². The van der Waals surface area contributed by atoms with Crippen molar-refractivity contribution in [2.45, 2.75) is 31.8 Å². The van der Waals surface area contributed by atoms with Crippen LogP contribution in [0.5, 0.6) is 17.2 Å². The summed E-state index contributed by atoms with van der Waals surface area (Å²) in [5.41, 5.74) is 1.92. The number of phenolic OH excluding ortho intramolecular Hbond substituents is 2. The van der Waals surface area contributed by atoms with Crippen molar-refractivity contribution in [2.24, 2.45) is 0 Å². The number of hydrogen-bond acceptors (Lipinski definition) is 6. The molecule has 1 fully saturated rings. The van der Waals surface area contributed by atoms with Gasteiger partial charge in [0.2, 0.25) is 5.91 Å². The van der Waals surface area contributed by atoms with E-state index in [9.17, 15) is 19.8 Å². The third kappa shape index (κ3) is 5.64. The Hall–Kier alpha value is -3.55. The predicted molar refractivity (Wildman–Crippen MR) is 151 cm³/mol. The molecule has 2 N–H and O–H groups in total. The van der Waals surface area contributed by atoms with Crippen LogP contribution in [-0.4, -0.2) is 51.9 Å². The number of phenols is 2. The number of halogens is 1. The molecule has 3 aromatic carbocycles. The number of ketones is 1. The van der Waals surface area contributed by atoms with Gasteiger partial charge in [-0.05, 0) is 78.7 Å². The van der Waals surface area contributed by atoms with E-state index in [1.54, 1.807) is 54.6 Å². The van der Waals surface area contributed by atoms with Crippen molar-refractivity contribution < 1.29 is 24.5 Å². The second-order valence-electron chi connectivity index (χ2n) is 9.38. The van der Waals surface area contributed by atoms with Crippen molar-refractivity contribution in [1.29, 1.82) is 0 Å². The van der Waals surface area contributed by atoms with Gasteiger partial charge in [-0.15, -0.1) is 22.9 Å². The molecule has 4 aromatic rings. The van der Waals surface area contributed by atoms with E-state index < -0.39 is 0 Å². The van der Waals surface area contributed by atoms with Crippen LogP contribution < -0.4 is 4.74 Å². The van der Waals surface area contributed by atoms with E-state index in [4.69, 9.17) is 16.3 Å². The average Bonchev–Trinajstić information content (AvgIpc) is 3.31. The van der Waals surface area contributed by atoms with Gasteiger partial charge in [-0.25, -0.2) is 0 Å². The Morgan fingerprint density at radius 2 is 1.63 bits per heavy atom. The lowest BCUT2D eigenvalue weighted by atomic mass is 9.97. The number of ether oxygens (including phenoxy) is 1. The van der Waals surface area contributed by atoms with E-state index in [1.165, 1.54) is 11.3 Å². The second-order valence-corrected chi connectivity index (χ2v) is 10.8. The summed E-state index contributed by atoms with van der Waals surface area (Å²) < 4.78 is 6.97. The number of hydrogen-bond donors (Lipinski definition) is 2. The molecule has 2 heterocycles. The Balaban J connectivity index is 1.32. The van der Waals surface area contributed by atoms with Gasteiger partial charge in [0.25, 0.3) is 0 Å². The Kier molecular flexibility index (Phi) is 7.86. The molecule has 1 aromatic heterocycles. The first kappa shape index (κ1) is 26.1. The number of rotatable bonds is 8. The van der Waals surface area contributed by atoms with Gasteiger partial charge in [0.15, 0.2) is 5.78 Å². The maximum absolute atomic E-state index is 13.8. The molecule has 0 saturated carbocycles. The first-order valence-electron chi connectivity index (χ1n) is 12.6. The predicted octanol–water partition coefficient (Wildman–Crippen LogP) is 6.60. The fraction of sp³-hybridized carbons (Fsp3) is 0.267. The van der Waals surface area contributed by atoms with Crippen LogP contribution in [0, 0.1) is 0 Å². The maximum Gasteiger partial charge on any atom is 0.222 e. The Bertz CT molecular complexity index is 1440. The number of fused-ring (bicyclic) bond motifs is 1. The number of carbonyl (C=O) groups excluding carboxylic acids is 2. The van der Waals surface area contributed by atoms with E-state index in [1.807, 2.05) is 17.0 Å². The maximum atomic E-state index is 13.8. The van der Waals surface area contributed by atoms with Gasteiger partial charge in [-0.2, -0.15) is 0 Å². The number of benzene rings is 3. The molecular weight excluding hydrogens is 522 g/mol. The number of thiophene rings is 1. The van der Waals surface area contributed by atoms with Crippen molar-refractivity contribution in [2.75, 3.05) is 19.0 Å². The lowest BCUT2D eigenvalue weighted by molar-refractivity contribution is -0.133. The number of likely N-dealkylation sites (tertiary alicyclic amines) is 1. The second kappa shape index (κ2) is 11.5. The number of piperidine rings is 1. The van der Waals surface area contributed by atoms with Gasteiger partial charge < -0.3 is 19.8 Å². The molecule has 1 aliphatic heterocycles. The Labute approximate surface area is 230 Å². The smallest absolute Gasteiger partial charge is 0.222 e. The van der Waals surface area contributed by atoms with E-state index in [2.05, 4.69) is 0 Å². The van der Waals surface area contributed by atoms with Gasteiger partial charge in [0.1, 0.15) is 23.4 Å². The fourth-order valence-corrected chi connectivity index (χ4v) is 6.12. The molecular formula is C30H28ClNO5S. The van der Waals surface area contributed by atoms with Crippen molar-refractivity contribution in [3.8, 4) is 27.7 Å². The summed E-state index contributed by atoms with van der Waals surface area (Å²) in [6.45, 7) is 1.34. The van der Waals surface area contributed by atoms with Crippen molar-refractivity contribution in [3.63, 3.8) is 0 Å². The SMILES string of the molecule is O=C(c1ccc(OC2CCN(C(=O)CCCCl)CC2)cc1)c1c(-c2ccc(O)cc2)sc2cc(O)ccc12. The van der Waals surface area contributed by atoms with Gasteiger partial charge in [-0.1, -0.05) is 0 Å². The molecule has 196 valence electrons. The van der Waals surface area contributed by atoms with Gasteiger partial charge in [0.05, 0.1) is 0 Å². The summed E-state index contributed by atoms with van der Waals surface area (Å²) >= 11 is 7.13. The minimum Gasteiger partial charge on any atom is -0.508 e. The summed E-state index contributed by atoms with van der Waals surface area (Å²) in [7, 11) is 0.